The molecular weight excluding hydrogens is 438 g/mol. The quantitative estimate of drug-likeness (QED) is 0.498. The summed E-state index contributed by atoms with van der Waals surface area (Å²) in [6.07, 6.45) is 0.976. The molecule has 1 saturated heterocycles. The van der Waals surface area contributed by atoms with E-state index in [2.05, 4.69) is 5.32 Å². The average Bonchev–Trinajstić information content (AvgIpc) is 3.28. The number of rotatable bonds is 11. The van der Waals surface area contributed by atoms with Crippen LogP contribution in [0.2, 0.25) is 0 Å². The van der Waals surface area contributed by atoms with Gasteiger partial charge in [0.2, 0.25) is 0 Å². The van der Waals surface area contributed by atoms with Crippen molar-refractivity contribution >= 4 is 12.1 Å². The minimum absolute atomic E-state index is 0.0910. The standard InChI is InChI=1S/C26H33NO7/c1-4-31-23-11-8-20(15-26(24(28)29)12-5-13-33-26)14-21(23)16-27-25(30)32-17-19-6-9-22(10-7-19)34-18(2)3/h6-11,14,18H,4-5,12-13,15-17H2,1-3H3,(H,27,30)(H,28,29). The summed E-state index contributed by atoms with van der Waals surface area (Å²) in [7, 11) is 0. The third kappa shape index (κ3) is 6.87. The van der Waals surface area contributed by atoms with E-state index >= 15 is 0 Å². The Morgan fingerprint density at radius 1 is 1.15 bits per heavy atom. The van der Waals surface area contributed by atoms with Gasteiger partial charge in [0.25, 0.3) is 0 Å². The second-order valence-corrected chi connectivity index (χ2v) is 8.54. The first-order chi connectivity index (χ1) is 16.3. The van der Waals surface area contributed by atoms with Crippen molar-refractivity contribution < 1.29 is 33.6 Å². The SMILES string of the molecule is CCOc1ccc(CC2(C(=O)O)CCCO2)cc1CNC(=O)OCc1ccc(OC(C)C)cc1. The number of nitrogens with one attached hydrogen (secondary N) is 1. The first-order valence-corrected chi connectivity index (χ1v) is 11.6. The minimum atomic E-state index is -1.20. The number of carbonyl (C=O) groups excluding carboxylic acids is 1. The maximum Gasteiger partial charge on any atom is 0.407 e. The lowest BCUT2D eigenvalue weighted by Crippen LogP contribution is -2.40. The first kappa shape index (κ1) is 25.4. The van der Waals surface area contributed by atoms with E-state index in [1.165, 1.54) is 0 Å². The van der Waals surface area contributed by atoms with Crippen LogP contribution in [0.5, 0.6) is 11.5 Å². The van der Waals surface area contributed by atoms with Crippen LogP contribution in [0.25, 0.3) is 0 Å². The molecule has 1 amide bonds. The largest absolute Gasteiger partial charge is 0.494 e. The van der Waals surface area contributed by atoms with Crippen LogP contribution >= 0.6 is 0 Å². The maximum absolute atomic E-state index is 12.3. The molecule has 1 aliphatic heterocycles. The molecule has 1 heterocycles. The summed E-state index contributed by atoms with van der Waals surface area (Å²) in [6, 6.07) is 12.9. The molecular formula is C26H33NO7. The Kier molecular flexibility index (Phi) is 8.76. The fraction of sp³-hybridized carbons (Fsp3) is 0.462. The third-order valence-electron chi connectivity index (χ3n) is 5.50. The zero-order valence-corrected chi connectivity index (χ0v) is 20.0. The highest BCUT2D eigenvalue weighted by atomic mass is 16.5. The van der Waals surface area contributed by atoms with Crippen LogP contribution < -0.4 is 14.8 Å². The summed E-state index contributed by atoms with van der Waals surface area (Å²) in [5, 5.41) is 12.4. The monoisotopic (exact) mass is 471 g/mol. The van der Waals surface area contributed by atoms with Gasteiger partial charge in [0.1, 0.15) is 18.1 Å². The molecule has 1 atom stereocenters. The van der Waals surface area contributed by atoms with Crippen molar-refractivity contribution in [3.05, 3.63) is 59.2 Å². The molecule has 2 aromatic rings. The minimum Gasteiger partial charge on any atom is -0.494 e. The number of alkyl carbamates (subject to hydrolysis) is 1. The van der Waals surface area contributed by atoms with Gasteiger partial charge in [0.15, 0.2) is 5.60 Å². The van der Waals surface area contributed by atoms with Crippen molar-refractivity contribution in [1.82, 2.24) is 5.32 Å². The summed E-state index contributed by atoms with van der Waals surface area (Å²) in [5.74, 6) is 0.439. The number of carboxylic acid groups (broad SMARTS) is 1. The van der Waals surface area contributed by atoms with Crippen molar-refractivity contribution in [2.24, 2.45) is 0 Å². The van der Waals surface area contributed by atoms with E-state index in [9.17, 15) is 14.7 Å². The lowest BCUT2D eigenvalue weighted by atomic mass is 9.91. The molecule has 8 nitrogen and oxygen atoms in total. The van der Waals surface area contributed by atoms with Crippen molar-refractivity contribution in [1.29, 1.82) is 0 Å². The molecule has 0 saturated carbocycles. The van der Waals surface area contributed by atoms with E-state index in [-0.39, 0.29) is 25.7 Å². The summed E-state index contributed by atoms with van der Waals surface area (Å²) >= 11 is 0. The number of benzene rings is 2. The Bertz CT molecular complexity index is 966. The Hall–Kier alpha value is -3.26. The van der Waals surface area contributed by atoms with Gasteiger partial charge in [-0.05, 0) is 62.9 Å². The molecule has 0 aromatic heterocycles. The highest BCUT2D eigenvalue weighted by Crippen LogP contribution is 2.31. The second kappa shape index (κ2) is 11.7. The van der Waals surface area contributed by atoms with Crippen molar-refractivity contribution in [2.75, 3.05) is 13.2 Å². The van der Waals surface area contributed by atoms with Crippen LogP contribution in [0.4, 0.5) is 4.79 Å². The molecule has 2 aromatic carbocycles. The van der Waals surface area contributed by atoms with Gasteiger partial charge in [-0.1, -0.05) is 24.3 Å². The Balaban J connectivity index is 1.59. The molecule has 1 unspecified atom stereocenters. The molecule has 1 aliphatic rings. The van der Waals surface area contributed by atoms with Gasteiger partial charge in [-0.15, -0.1) is 0 Å². The summed E-state index contributed by atoms with van der Waals surface area (Å²) in [6.45, 7) is 7.02. The maximum atomic E-state index is 12.3. The van der Waals surface area contributed by atoms with E-state index in [4.69, 9.17) is 18.9 Å². The Labute approximate surface area is 200 Å². The predicted molar refractivity (Wildman–Crippen MR) is 126 cm³/mol. The molecule has 8 heteroatoms. The van der Waals surface area contributed by atoms with Gasteiger partial charge in [-0.3, -0.25) is 0 Å². The fourth-order valence-corrected chi connectivity index (χ4v) is 3.89. The van der Waals surface area contributed by atoms with Crippen molar-refractivity contribution in [2.45, 2.75) is 64.9 Å². The molecule has 0 radical (unpaired) electrons. The van der Waals surface area contributed by atoms with Gasteiger partial charge < -0.3 is 29.4 Å². The number of aliphatic carboxylic acids is 1. The summed E-state index contributed by atoms with van der Waals surface area (Å²) < 4.78 is 22.2. The van der Waals surface area contributed by atoms with E-state index in [1.807, 2.05) is 57.2 Å². The molecule has 34 heavy (non-hydrogen) atoms. The number of ether oxygens (including phenoxy) is 4. The predicted octanol–water partition coefficient (Wildman–Crippen LogP) is 4.48. The highest BCUT2D eigenvalue weighted by molar-refractivity contribution is 5.78. The normalized spacial score (nSPS) is 17.4. The van der Waals surface area contributed by atoms with Gasteiger partial charge >= 0.3 is 12.1 Å². The van der Waals surface area contributed by atoms with Crippen LogP contribution in [0.1, 0.15) is 50.3 Å². The van der Waals surface area contributed by atoms with Crippen LogP contribution in [0, 0.1) is 0 Å². The molecule has 0 spiro atoms. The summed E-state index contributed by atoms with van der Waals surface area (Å²) in [4.78, 5) is 24.1. The van der Waals surface area contributed by atoms with E-state index in [0.29, 0.717) is 25.4 Å². The average molecular weight is 472 g/mol. The second-order valence-electron chi connectivity index (χ2n) is 8.54. The lowest BCUT2D eigenvalue weighted by Gasteiger charge is -2.24. The molecule has 1 fully saturated rings. The number of carboxylic acids is 1. The lowest BCUT2D eigenvalue weighted by molar-refractivity contribution is -0.159. The molecule has 0 aliphatic carbocycles. The smallest absolute Gasteiger partial charge is 0.407 e. The van der Waals surface area contributed by atoms with Gasteiger partial charge in [0.05, 0.1) is 12.7 Å². The van der Waals surface area contributed by atoms with Crippen LogP contribution in [0.15, 0.2) is 42.5 Å². The first-order valence-electron chi connectivity index (χ1n) is 11.6. The van der Waals surface area contributed by atoms with Gasteiger partial charge in [-0.2, -0.15) is 0 Å². The summed E-state index contributed by atoms with van der Waals surface area (Å²) in [5.41, 5.74) is 1.19. The van der Waals surface area contributed by atoms with E-state index in [1.54, 1.807) is 6.07 Å². The van der Waals surface area contributed by atoms with E-state index in [0.717, 1.165) is 28.9 Å². The molecule has 3 rings (SSSR count). The Morgan fingerprint density at radius 3 is 2.50 bits per heavy atom. The van der Waals surface area contributed by atoms with Crippen LogP contribution in [-0.2, 0) is 33.8 Å². The number of hydrogen-bond acceptors (Lipinski definition) is 6. The third-order valence-corrected chi connectivity index (χ3v) is 5.50. The zero-order valence-electron chi connectivity index (χ0n) is 20.0. The van der Waals surface area contributed by atoms with Crippen molar-refractivity contribution in [3.8, 4) is 11.5 Å². The van der Waals surface area contributed by atoms with Gasteiger partial charge in [0, 0.05) is 25.1 Å². The molecule has 2 N–H and O–H groups in total. The Morgan fingerprint density at radius 2 is 1.88 bits per heavy atom. The van der Waals surface area contributed by atoms with Crippen molar-refractivity contribution in [3.63, 3.8) is 0 Å². The fourth-order valence-electron chi connectivity index (χ4n) is 3.89. The van der Waals surface area contributed by atoms with E-state index < -0.39 is 17.7 Å². The number of amides is 1. The van der Waals surface area contributed by atoms with Crippen LogP contribution in [0.3, 0.4) is 0 Å². The molecule has 0 bridgehead atoms. The molecule has 184 valence electrons. The van der Waals surface area contributed by atoms with Gasteiger partial charge in [-0.25, -0.2) is 9.59 Å². The van der Waals surface area contributed by atoms with Crippen LogP contribution in [-0.4, -0.2) is 42.1 Å². The number of hydrogen-bond donors (Lipinski definition) is 2. The topological polar surface area (TPSA) is 103 Å². The number of carbonyl (C=O) groups is 2. The highest BCUT2D eigenvalue weighted by Gasteiger charge is 2.43. The zero-order chi connectivity index (χ0) is 24.6.